The first kappa shape index (κ1) is 12.9. The molecule has 0 amide bonds. The molecule has 0 aliphatic heterocycles. The van der Waals surface area contributed by atoms with Gasteiger partial charge in [0.05, 0.1) is 10.4 Å². The zero-order chi connectivity index (χ0) is 12.3. The quantitative estimate of drug-likeness (QED) is 0.811. The van der Waals surface area contributed by atoms with Crippen molar-refractivity contribution in [3.05, 3.63) is 53.0 Å². The summed E-state index contributed by atoms with van der Waals surface area (Å²) in [5, 5.41) is 13.2. The van der Waals surface area contributed by atoms with Crippen LogP contribution in [-0.2, 0) is 0 Å². The summed E-state index contributed by atoms with van der Waals surface area (Å²) in [6.45, 7) is 0.617. The summed E-state index contributed by atoms with van der Waals surface area (Å²) in [5.41, 5.74) is 1.02. The molecule has 0 radical (unpaired) electrons. The van der Waals surface area contributed by atoms with Crippen molar-refractivity contribution in [2.45, 2.75) is 10.4 Å². The van der Waals surface area contributed by atoms with E-state index < -0.39 is 10.4 Å². The van der Waals surface area contributed by atoms with E-state index in [0.29, 0.717) is 6.54 Å². The van der Waals surface area contributed by atoms with Crippen LogP contribution >= 0.6 is 31.9 Å². The fraction of sp³-hybridized carbons (Fsp3) is 0.231. The van der Waals surface area contributed by atoms with Crippen molar-refractivity contribution in [2.75, 3.05) is 11.9 Å². The maximum Gasteiger partial charge on any atom is 0.0929 e. The first-order chi connectivity index (χ1) is 8.10. The number of halogens is 2. The second-order valence-electron chi connectivity index (χ2n) is 3.98. The number of alkyl halides is 1. The van der Waals surface area contributed by atoms with E-state index in [1.807, 2.05) is 42.5 Å². The van der Waals surface area contributed by atoms with Crippen LogP contribution in [0.5, 0.6) is 0 Å². The van der Waals surface area contributed by atoms with E-state index in [4.69, 9.17) is 0 Å². The monoisotopic (exact) mass is 357 g/mol. The third-order valence-corrected chi connectivity index (χ3v) is 4.16. The summed E-state index contributed by atoms with van der Waals surface area (Å²) in [6.07, 6.45) is 7.00. The summed E-state index contributed by atoms with van der Waals surface area (Å²) < 4.78 is 0.593. The van der Waals surface area contributed by atoms with Crippen molar-refractivity contribution in [3.8, 4) is 0 Å². The fourth-order valence-electron chi connectivity index (χ4n) is 1.64. The molecule has 1 aliphatic rings. The maximum atomic E-state index is 9.93. The summed E-state index contributed by atoms with van der Waals surface area (Å²) in [6, 6.07) is 7.95. The molecule has 90 valence electrons. The van der Waals surface area contributed by atoms with E-state index >= 15 is 0 Å². The molecule has 1 aromatic rings. The predicted octanol–water partition coefficient (Wildman–Crippen LogP) is 3.48. The first-order valence-electron chi connectivity index (χ1n) is 5.33. The van der Waals surface area contributed by atoms with E-state index in [1.165, 1.54) is 0 Å². The van der Waals surface area contributed by atoms with Crippen LogP contribution in [0, 0.1) is 0 Å². The standard InChI is InChI=1S/C13H13Br2NO/c14-10-4-3-5-11(8-10)16-9-13(15)7-2-1-6-12(13)17/h1-8,12,16-17H,9H2. The Balaban J connectivity index is 2.03. The Morgan fingerprint density at radius 2 is 2.18 bits per heavy atom. The number of anilines is 1. The van der Waals surface area contributed by atoms with Crippen molar-refractivity contribution < 1.29 is 5.11 Å². The third-order valence-electron chi connectivity index (χ3n) is 2.66. The minimum Gasteiger partial charge on any atom is -0.387 e. The summed E-state index contributed by atoms with van der Waals surface area (Å²) in [4.78, 5) is 0. The number of aliphatic hydroxyl groups is 1. The van der Waals surface area contributed by atoms with Crippen molar-refractivity contribution >= 4 is 37.5 Å². The van der Waals surface area contributed by atoms with Crippen molar-refractivity contribution in [1.29, 1.82) is 0 Å². The average molecular weight is 359 g/mol. The van der Waals surface area contributed by atoms with Gasteiger partial charge in [-0.3, -0.25) is 0 Å². The smallest absolute Gasteiger partial charge is 0.0929 e. The number of allylic oxidation sites excluding steroid dienone is 2. The lowest BCUT2D eigenvalue weighted by Gasteiger charge is -2.30. The summed E-state index contributed by atoms with van der Waals surface area (Å²) in [7, 11) is 0. The van der Waals surface area contributed by atoms with Gasteiger partial charge in [0.15, 0.2) is 0 Å². The highest BCUT2D eigenvalue weighted by atomic mass is 79.9. The van der Waals surface area contributed by atoms with Gasteiger partial charge < -0.3 is 10.4 Å². The van der Waals surface area contributed by atoms with E-state index in [0.717, 1.165) is 10.2 Å². The molecular weight excluding hydrogens is 346 g/mol. The zero-order valence-corrected chi connectivity index (χ0v) is 12.3. The Bertz CT molecular complexity index is 458. The van der Waals surface area contributed by atoms with Gasteiger partial charge in [-0.2, -0.15) is 0 Å². The van der Waals surface area contributed by atoms with Gasteiger partial charge >= 0.3 is 0 Å². The maximum absolute atomic E-state index is 9.93. The lowest BCUT2D eigenvalue weighted by Crippen LogP contribution is -2.40. The second kappa shape index (κ2) is 5.38. The predicted molar refractivity (Wildman–Crippen MR) is 78.6 cm³/mol. The molecule has 1 aromatic carbocycles. The van der Waals surface area contributed by atoms with Gasteiger partial charge in [0.2, 0.25) is 0 Å². The molecule has 0 bridgehead atoms. The zero-order valence-electron chi connectivity index (χ0n) is 9.11. The number of hydrogen-bond donors (Lipinski definition) is 2. The molecular formula is C13H13Br2NO. The second-order valence-corrected chi connectivity index (χ2v) is 6.37. The van der Waals surface area contributed by atoms with Crippen molar-refractivity contribution in [3.63, 3.8) is 0 Å². The molecule has 17 heavy (non-hydrogen) atoms. The fourth-order valence-corrected chi connectivity index (χ4v) is 2.49. The normalized spacial score (nSPS) is 27.1. The van der Waals surface area contributed by atoms with Gasteiger partial charge in [0, 0.05) is 16.7 Å². The topological polar surface area (TPSA) is 32.3 Å². The van der Waals surface area contributed by atoms with Gasteiger partial charge in [0.1, 0.15) is 0 Å². The molecule has 0 saturated carbocycles. The highest BCUT2D eigenvalue weighted by Gasteiger charge is 2.32. The van der Waals surface area contributed by atoms with Crippen molar-refractivity contribution in [2.24, 2.45) is 0 Å². The van der Waals surface area contributed by atoms with Crippen LogP contribution in [0.4, 0.5) is 5.69 Å². The number of hydrogen-bond acceptors (Lipinski definition) is 2. The molecule has 2 nitrogen and oxygen atoms in total. The largest absolute Gasteiger partial charge is 0.387 e. The molecule has 2 atom stereocenters. The van der Waals surface area contributed by atoms with Crippen LogP contribution in [0.1, 0.15) is 0 Å². The molecule has 0 heterocycles. The number of aliphatic hydroxyl groups excluding tert-OH is 1. The number of rotatable bonds is 3. The van der Waals surface area contributed by atoms with Crippen LogP contribution in [0.2, 0.25) is 0 Å². The Hall–Kier alpha value is -0.580. The lowest BCUT2D eigenvalue weighted by molar-refractivity contribution is 0.199. The number of benzene rings is 1. The number of nitrogens with one attached hydrogen (secondary N) is 1. The van der Waals surface area contributed by atoms with Crippen LogP contribution in [0.3, 0.4) is 0 Å². The van der Waals surface area contributed by atoms with Gasteiger partial charge in [-0.1, -0.05) is 62.2 Å². The molecule has 1 aliphatic carbocycles. The van der Waals surface area contributed by atoms with Gasteiger partial charge in [-0.25, -0.2) is 0 Å². The summed E-state index contributed by atoms with van der Waals surface area (Å²) in [5.74, 6) is 0. The molecule has 2 rings (SSSR count). The van der Waals surface area contributed by atoms with Crippen LogP contribution in [0.15, 0.2) is 53.0 Å². The Morgan fingerprint density at radius 3 is 2.88 bits per heavy atom. The molecule has 2 N–H and O–H groups in total. The van der Waals surface area contributed by atoms with Gasteiger partial charge in [-0.05, 0) is 18.2 Å². The Morgan fingerprint density at radius 1 is 1.35 bits per heavy atom. The third kappa shape index (κ3) is 3.21. The van der Waals surface area contributed by atoms with E-state index in [-0.39, 0.29) is 0 Å². The molecule has 0 fully saturated rings. The molecule has 2 unspecified atom stereocenters. The lowest BCUT2D eigenvalue weighted by atomic mass is 9.97. The van der Waals surface area contributed by atoms with Gasteiger partial charge in [0.25, 0.3) is 0 Å². The van der Waals surface area contributed by atoms with Crippen molar-refractivity contribution in [1.82, 2.24) is 0 Å². The van der Waals surface area contributed by atoms with E-state index in [2.05, 4.69) is 37.2 Å². The first-order valence-corrected chi connectivity index (χ1v) is 6.91. The molecule has 0 saturated heterocycles. The molecule has 4 heteroatoms. The average Bonchev–Trinajstić information content (AvgIpc) is 2.31. The van der Waals surface area contributed by atoms with E-state index in [1.54, 1.807) is 6.08 Å². The highest BCUT2D eigenvalue weighted by Crippen LogP contribution is 2.29. The molecule has 0 aromatic heterocycles. The Labute approximate surface area is 118 Å². The molecule has 0 spiro atoms. The van der Waals surface area contributed by atoms with E-state index in [9.17, 15) is 5.11 Å². The van der Waals surface area contributed by atoms with Crippen LogP contribution < -0.4 is 5.32 Å². The minimum absolute atomic E-state index is 0.440. The highest BCUT2D eigenvalue weighted by molar-refractivity contribution is 9.10. The van der Waals surface area contributed by atoms with Crippen LogP contribution in [0.25, 0.3) is 0 Å². The summed E-state index contributed by atoms with van der Waals surface area (Å²) >= 11 is 7.00. The van der Waals surface area contributed by atoms with Gasteiger partial charge in [-0.15, -0.1) is 0 Å². The SMILES string of the molecule is OC1C=CC=CC1(Br)CNc1cccc(Br)c1. The minimum atomic E-state index is -0.521. The van der Waals surface area contributed by atoms with Crippen LogP contribution in [-0.4, -0.2) is 22.1 Å². The Kier molecular flexibility index (Phi) is 4.07.